The maximum atomic E-state index is 12.4. The number of anilines is 2. The van der Waals surface area contributed by atoms with Gasteiger partial charge in [-0.05, 0) is 35.9 Å². The molecule has 8 heteroatoms. The molecular weight excluding hydrogens is 432 g/mol. The number of halogens is 1. The van der Waals surface area contributed by atoms with Crippen molar-refractivity contribution in [2.45, 2.75) is 0 Å². The van der Waals surface area contributed by atoms with Crippen LogP contribution >= 0.6 is 22.9 Å². The first-order chi connectivity index (χ1) is 15.2. The van der Waals surface area contributed by atoms with Gasteiger partial charge in [-0.3, -0.25) is 10.2 Å². The van der Waals surface area contributed by atoms with Crippen LogP contribution in [0.4, 0.5) is 10.1 Å². The summed E-state index contributed by atoms with van der Waals surface area (Å²) >= 11 is 7.27. The maximum absolute atomic E-state index is 12.4. The van der Waals surface area contributed by atoms with Gasteiger partial charge in [0, 0.05) is 16.8 Å². The molecule has 1 amide bonds. The number of hydrogen-bond donors (Lipinski definition) is 2. The first kappa shape index (κ1) is 20.6. The molecule has 0 unspecified atom stereocenters. The van der Waals surface area contributed by atoms with Crippen LogP contribution in [0.15, 0.2) is 88.6 Å². The Morgan fingerprint density at radius 2 is 1.87 bits per heavy atom. The molecule has 31 heavy (non-hydrogen) atoms. The molecule has 0 saturated carbocycles. The molecule has 6 nitrogen and oxygen atoms in total. The number of hydrazone groups is 1. The van der Waals surface area contributed by atoms with Crippen molar-refractivity contribution in [1.29, 1.82) is 0 Å². The third-order valence-electron chi connectivity index (χ3n) is 4.13. The molecule has 0 atom stereocenters. The number of allylic oxidation sites excluding steroid dienone is 1. The van der Waals surface area contributed by atoms with Crippen molar-refractivity contribution in [2.24, 2.45) is 5.10 Å². The second-order valence-corrected chi connectivity index (χ2v) is 7.73. The molecule has 2 N–H and O–H groups in total. The lowest BCUT2D eigenvalue weighted by atomic mass is 10.1. The minimum Gasteiger partial charge on any atom is -0.459 e. The average Bonchev–Trinajstić information content (AvgIpc) is 3.45. The Labute approximate surface area is 187 Å². The smallest absolute Gasteiger partial charge is 0.292 e. The summed E-state index contributed by atoms with van der Waals surface area (Å²) in [5, 5.41) is 8.76. The Balaban J connectivity index is 1.52. The number of rotatable bonds is 7. The van der Waals surface area contributed by atoms with Crippen LogP contribution in [0.5, 0.6) is 0 Å². The standard InChI is InChI=1S/C23H17ClN4O2S/c24-18-12-10-17(11-13-18)20-22(27-21(29)19-9-5-15-30-19)31-23(26-20)28-25-14-4-8-16-6-2-1-3-7-16/h1-15H,(H,26,28)(H,27,29)/b8-4+,25-14+. The number of carbonyl (C=O) groups excluding carboxylic acids is 1. The van der Waals surface area contributed by atoms with Crippen molar-refractivity contribution in [3.8, 4) is 11.3 Å². The summed E-state index contributed by atoms with van der Waals surface area (Å²) in [6, 6.07) is 20.4. The van der Waals surface area contributed by atoms with E-state index in [2.05, 4.69) is 20.8 Å². The summed E-state index contributed by atoms with van der Waals surface area (Å²) in [6.45, 7) is 0. The molecule has 154 valence electrons. The first-order valence-corrected chi connectivity index (χ1v) is 10.5. The Bertz CT molecular complexity index is 1200. The van der Waals surface area contributed by atoms with Crippen molar-refractivity contribution >= 4 is 51.3 Å². The molecule has 0 aliphatic carbocycles. The summed E-state index contributed by atoms with van der Waals surface area (Å²) in [4.78, 5) is 17.0. The summed E-state index contributed by atoms with van der Waals surface area (Å²) in [7, 11) is 0. The van der Waals surface area contributed by atoms with Crippen molar-refractivity contribution in [3.05, 3.63) is 95.4 Å². The van der Waals surface area contributed by atoms with Crippen LogP contribution in [0.3, 0.4) is 0 Å². The Hall–Kier alpha value is -3.68. The van der Waals surface area contributed by atoms with Gasteiger partial charge in [-0.2, -0.15) is 5.10 Å². The predicted molar refractivity (Wildman–Crippen MR) is 127 cm³/mol. The van der Waals surface area contributed by atoms with Crippen LogP contribution < -0.4 is 10.7 Å². The quantitative estimate of drug-likeness (QED) is 0.252. The first-order valence-electron chi connectivity index (χ1n) is 9.31. The highest BCUT2D eigenvalue weighted by atomic mass is 35.5. The summed E-state index contributed by atoms with van der Waals surface area (Å²) < 4.78 is 5.17. The van der Waals surface area contributed by atoms with Gasteiger partial charge in [-0.15, -0.1) is 0 Å². The molecule has 0 spiro atoms. The predicted octanol–water partition coefficient (Wildman–Crippen LogP) is 6.42. The van der Waals surface area contributed by atoms with Gasteiger partial charge in [-0.25, -0.2) is 4.98 Å². The van der Waals surface area contributed by atoms with E-state index in [4.69, 9.17) is 16.0 Å². The molecule has 4 rings (SSSR count). The number of aromatic nitrogens is 1. The maximum Gasteiger partial charge on any atom is 0.292 e. The summed E-state index contributed by atoms with van der Waals surface area (Å²) in [6.07, 6.45) is 6.86. The highest BCUT2D eigenvalue weighted by Gasteiger charge is 2.17. The van der Waals surface area contributed by atoms with E-state index >= 15 is 0 Å². The zero-order chi connectivity index (χ0) is 21.5. The van der Waals surface area contributed by atoms with E-state index in [9.17, 15) is 4.79 Å². The molecule has 4 aromatic rings. The second-order valence-electron chi connectivity index (χ2n) is 6.29. The lowest BCUT2D eigenvalue weighted by Gasteiger charge is -2.03. The van der Waals surface area contributed by atoms with E-state index in [1.54, 1.807) is 30.5 Å². The molecule has 0 radical (unpaired) electrons. The lowest BCUT2D eigenvalue weighted by molar-refractivity contribution is 0.0997. The van der Waals surface area contributed by atoms with Crippen molar-refractivity contribution in [2.75, 3.05) is 10.7 Å². The number of thiazole rings is 1. The fraction of sp³-hybridized carbons (Fsp3) is 0. The van der Waals surface area contributed by atoms with Crippen molar-refractivity contribution in [1.82, 2.24) is 4.98 Å². The molecule has 0 saturated heterocycles. The summed E-state index contributed by atoms with van der Waals surface area (Å²) in [5.74, 6) is -0.140. The fourth-order valence-electron chi connectivity index (χ4n) is 2.68. The minimum atomic E-state index is -0.357. The van der Waals surface area contributed by atoms with Gasteiger partial charge in [0.05, 0.1) is 6.26 Å². The van der Waals surface area contributed by atoms with Crippen LogP contribution in [0.2, 0.25) is 5.02 Å². The van der Waals surface area contributed by atoms with Gasteiger partial charge in [0.25, 0.3) is 5.91 Å². The molecule has 0 aliphatic rings. The molecule has 2 aromatic carbocycles. The molecule has 2 heterocycles. The minimum absolute atomic E-state index is 0.217. The van der Waals surface area contributed by atoms with Crippen molar-refractivity contribution in [3.63, 3.8) is 0 Å². The average molecular weight is 449 g/mol. The topological polar surface area (TPSA) is 79.5 Å². The molecular formula is C23H17ClN4O2S. The fourth-order valence-corrected chi connectivity index (χ4v) is 3.64. The molecule has 0 bridgehead atoms. The number of hydrogen-bond acceptors (Lipinski definition) is 6. The zero-order valence-corrected chi connectivity index (χ0v) is 17.7. The SMILES string of the molecule is O=C(Nc1sc(N/N=C/C=C/c2ccccc2)nc1-c1ccc(Cl)cc1)c1ccco1. The highest BCUT2D eigenvalue weighted by molar-refractivity contribution is 7.20. The number of carbonyl (C=O) groups is 1. The van der Waals surface area contributed by atoms with Gasteiger partial charge < -0.3 is 9.73 Å². The monoisotopic (exact) mass is 448 g/mol. The van der Waals surface area contributed by atoms with Crippen molar-refractivity contribution < 1.29 is 9.21 Å². The number of furan rings is 1. The van der Waals surface area contributed by atoms with E-state index < -0.39 is 0 Å². The van der Waals surface area contributed by atoms with E-state index in [1.807, 2.05) is 54.6 Å². The van der Waals surface area contributed by atoms with Crippen LogP contribution in [-0.2, 0) is 0 Å². The van der Waals surface area contributed by atoms with Gasteiger partial charge in [-0.1, -0.05) is 71.5 Å². The van der Waals surface area contributed by atoms with Gasteiger partial charge in [0.2, 0.25) is 5.13 Å². The Morgan fingerprint density at radius 1 is 1.06 bits per heavy atom. The number of nitrogens with one attached hydrogen (secondary N) is 2. The largest absolute Gasteiger partial charge is 0.459 e. The highest BCUT2D eigenvalue weighted by Crippen LogP contribution is 2.36. The second kappa shape index (κ2) is 9.88. The van der Waals surface area contributed by atoms with E-state index in [0.29, 0.717) is 20.8 Å². The normalized spacial score (nSPS) is 11.3. The van der Waals surface area contributed by atoms with E-state index in [0.717, 1.165) is 11.1 Å². The van der Waals surface area contributed by atoms with Gasteiger partial charge >= 0.3 is 0 Å². The van der Waals surface area contributed by atoms with Crippen LogP contribution in [0.25, 0.3) is 17.3 Å². The Morgan fingerprint density at radius 3 is 2.61 bits per heavy atom. The zero-order valence-electron chi connectivity index (χ0n) is 16.2. The van der Waals surface area contributed by atoms with Gasteiger partial charge in [0.15, 0.2) is 5.76 Å². The number of amides is 1. The number of benzene rings is 2. The third kappa shape index (κ3) is 5.48. The molecule has 0 fully saturated rings. The molecule has 0 aliphatic heterocycles. The van der Waals surface area contributed by atoms with E-state index in [-0.39, 0.29) is 11.7 Å². The lowest BCUT2D eigenvalue weighted by Crippen LogP contribution is -2.10. The third-order valence-corrected chi connectivity index (χ3v) is 5.25. The van der Waals surface area contributed by atoms with Gasteiger partial charge in [0.1, 0.15) is 10.7 Å². The Kier molecular flexibility index (Phi) is 6.56. The van der Waals surface area contributed by atoms with Crippen LogP contribution in [0.1, 0.15) is 16.1 Å². The van der Waals surface area contributed by atoms with Crippen LogP contribution in [-0.4, -0.2) is 17.1 Å². The number of nitrogens with zero attached hydrogens (tertiary/aromatic N) is 2. The van der Waals surface area contributed by atoms with E-state index in [1.165, 1.54) is 17.6 Å². The summed E-state index contributed by atoms with van der Waals surface area (Å²) in [5.41, 5.74) is 5.41. The van der Waals surface area contributed by atoms with Crippen LogP contribution in [0, 0.1) is 0 Å². The molecule has 2 aromatic heterocycles.